The summed E-state index contributed by atoms with van der Waals surface area (Å²) in [5, 5.41) is 2.34. The van der Waals surface area contributed by atoms with E-state index in [2.05, 4.69) is 5.32 Å². The molecule has 0 radical (unpaired) electrons. The van der Waals surface area contributed by atoms with E-state index in [1.54, 1.807) is 27.7 Å². The van der Waals surface area contributed by atoms with Crippen LogP contribution in [0.1, 0.15) is 43.6 Å². The lowest BCUT2D eigenvalue weighted by atomic mass is 9.88. The van der Waals surface area contributed by atoms with Crippen molar-refractivity contribution in [2.24, 2.45) is 5.41 Å². The summed E-state index contributed by atoms with van der Waals surface area (Å²) >= 11 is 0. The Morgan fingerprint density at radius 3 is 1.75 bits per heavy atom. The predicted octanol–water partition coefficient (Wildman–Crippen LogP) is 3.72. The number of halogens is 4. The van der Waals surface area contributed by atoms with Crippen LogP contribution in [0.25, 0.3) is 0 Å². The van der Waals surface area contributed by atoms with Crippen molar-refractivity contribution in [1.82, 2.24) is 5.32 Å². The van der Waals surface area contributed by atoms with Crippen molar-refractivity contribution >= 4 is 5.91 Å². The van der Waals surface area contributed by atoms with Crippen LogP contribution in [0.2, 0.25) is 0 Å². The maximum absolute atomic E-state index is 13.7. The Kier molecular flexibility index (Phi) is 4.46. The molecule has 0 spiro atoms. The maximum Gasteiger partial charge on any atom is 0.257 e. The second kappa shape index (κ2) is 5.42. The van der Waals surface area contributed by atoms with Gasteiger partial charge in [0.2, 0.25) is 0 Å². The molecule has 0 aliphatic carbocycles. The van der Waals surface area contributed by atoms with Crippen LogP contribution >= 0.6 is 0 Å². The summed E-state index contributed by atoms with van der Waals surface area (Å²) in [6.07, 6.45) is 0. The van der Waals surface area contributed by atoms with Crippen LogP contribution in [0.4, 0.5) is 17.6 Å². The molecule has 0 heterocycles. The first-order chi connectivity index (χ1) is 8.98. The van der Waals surface area contributed by atoms with Crippen LogP contribution in [0.15, 0.2) is 0 Å². The van der Waals surface area contributed by atoms with E-state index in [0.717, 1.165) is 6.92 Å². The largest absolute Gasteiger partial charge is 0.349 e. The summed E-state index contributed by atoms with van der Waals surface area (Å²) in [6, 6.07) is -0.443. The minimum Gasteiger partial charge on any atom is -0.349 e. The zero-order valence-corrected chi connectivity index (χ0v) is 12.0. The summed E-state index contributed by atoms with van der Waals surface area (Å²) in [5.74, 6) is -7.66. The van der Waals surface area contributed by atoms with Crippen LogP contribution < -0.4 is 5.32 Å². The van der Waals surface area contributed by atoms with Crippen molar-refractivity contribution in [3.63, 3.8) is 0 Å². The van der Waals surface area contributed by atoms with Gasteiger partial charge in [-0.15, -0.1) is 0 Å². The van der Waals surface area contributed by atoms with Gasteiger partial charge in [0, 0.05) is 11.6 Å². The lowest BCUT2D eigenvalue weighted by Gasteiger charge is -2.28. The second-order valence-electron chi connectivity index (χ2n) is 5.82. The smallest absolute Gasteiger partial charge is 0.257 e. The lowest BCUT2D eigenvalue weighted by Crippen LogP contribution is -2.42. The molecule has 1 atom stereocenters. The van der Waals surface area contributed by atoms with Crippen molar-refractivity contribution in [2.75, 3.05) is 0 Å². The van der Waals surface area contributed by atoms with Gasteiger partial charge in [-0.1, -0.05) is 20.8 Å². The van der Waals surface area contributed by atoms with Gasteiger partial charge in [-0.2, -0.15) is 0 Å². The van der Waals surface area contributed by atoms with Crippen molar-refractivity contribution < 1.29 is 22.4 Å². The molecule has 0 saturated heterocycles. The number of carbonyl (C=O) groups excluding carboxylic acids is 1. The second-order valence-corrected chi connectivity index (χ2v) is 5.82. The molecule has 112 valence electrons. The first-order valence-corrected chi connectivity index (χ1v) is 6.11. The summed E-state index contributed by atoms with van der Waals surface area (Å²) in [6.45, 7) is 7.95. The van der Waals surface area contributed by atoms with E-state index in [1.807, 2.05) is 0 Å². The Hall–Kier alpha value is -1.59. The number of nitrogens with one attached hydrogen (secondary N) is 1. The number of rotatable bonds is 2. The van der Waals surface area contributed by atoms with Gasteiger partial charge in [0.05, 0.1) is 0 Å². The molecule has 20 heavy (non-hydrogen) atoms. The number of benzene rings is 1. The molecule has 6 heteroatoms. The summed E-state index contributed by atoms with van der Waals surface area (Å²) in [5.41, 5.74) is -2.40. The van der Waals surface area contributed by atoms with E-state index in [4.69, 9.17) is 0 Å². The van der Waals surface area contributed by atoms with Gasteiger partial charge in [-0.05, 0) is 19.3 Å². The molecule has 0 aliphatic rings. The lowest BCUT2D eigenvalue weighted by molar-refractivity contribution is 0.0899. The van der Waals surface area contributed by atoms with E-state index in [0.29, 0.717) is 0 Å². The molecule has 1 rings (SSSR count). The molecule has 1 aromatic rings. The van der Waals surface area contributed by atoms with E-state index in [1.165, 1.54) is 0 Å². The van der Waals surface area contributed by atoms with E-state index in [9.17, 15) is 22.4 Å². The van der Waals surface area contributed by atoms with E-state index in [-0.39, 0.29) is 5.41 Å². The molecule has 2 nitrogen and oxygen atoms in total. The van der Waals surface area contributed by atoms with Crippen LogP contribution in [-0.4, -0.2) is 11.9 Å². The highest BCUT2D eigenvalue weighted by Crippen LogP contribution is 2.25. The number of amides is 1. The van der Waals surface area contributed by atoms with Gasteiger partial charge in [0.25, 0.3) is 5.91 Å². The van der Waals surface area contributed by atoms with E-state index >= 15 is 0 Å². The maximum atomic E-state index is 13.7. The third kappa shape index (κ3) is 2.94. The number of carbonyl (C=O) groups is 1. The van der Waals surface area contributed by atoms with Gasteiger partial charge >= 0.3 is 0 Å². The monoisotopic (exact) mass is 291 g/mol. The molecule has 0 aromatic heterocycles. The molecular formula is C14H17F4NO. The third-order valence-corrected chi connectivity index (χ3v) is 3.36. The van der Waals surface area contributed by atoms with Gasteiger partial charge in [0.15, 0.2) is 23.3 Å². The fourth-order valence-electron chi connectivity index (χ4n) is 1.43. The fraction of sp³-hybridized carbons (Fsp3) is 0.500. The highest BCUT2D eigenvalue weighted by molar-refractivity contribution is 5.95. The third-order valence-electron chi connectivity index (χ3n) is 3.36. The topological polar surface area (TPSA) is 29.1 Å². The molecule has 0 fully saturated rings. The van der Waals surface area contributed by atoms with Crippen LogP contribution in [0.3, 0.4) is 0 Å². The van der Waals surface area contributed by atoms with Crippen molar-refractivity contribution in [3.8, 4) is 0 Å². The predicted molar refractivity (Wildman–Crippen MR) is 67.4 cm³/mol. The van der Waals surface area contributed by atoms with Crippen LogP contribution in [0, 0.1) is 35.6 Å². The van der Waals surface area contributed by atoms with Crippen LogP contribution in [0.5, 0.6) is 0 Å². The molecule has 1 N–H and O–H groups in total. The van der Waals surface area contributed by atoms with Crippen LogP contribution in [-0.2, 0) is 0 Å². The molecule has 0 aliphatic heterocycles. The van der Waals surface area contributed by atoms with Gasteiger partial charge in [-0.25, -0.2) is 17.6 Å². The quantitative estimate of drug-likeness (QED) is 0.653. The Balaban J connectivity index is 3.25. The van der Waals surface area contributed by atoms with Crippen molar-refractivity contribution in [3.05, 3.63) is 34.4 Å². The first-order valence-electron chi connectivity index (χ1n) is 6.11. The Bertz CT molecular complexity index is 520. The summed E-state index contributed by atoms with van der Waals surface area (Å²) in [7, 11) is 0. The zero-order valence-electron chi connectivity index (χ0n) is 12.0. The van der Waals surface area contributed by atoms with Gasteiger partial charge in [-0.3, -0.25) is 4.79 Å². The highest BCUT2D eigenvalue weighted by atomic mass is 19.2. The Morgan fingerprint density at radius 2 is 1.40 bits per heavy atom. The highest BCUT2D eigenvalue weighted by Gasteiger charge is 2.30. The summed E-state index contributed by atoms with van der Waals surface area (Å²) < 4.78 is 54.1. The standard InChI is InChI=1S/C14H17F4NO/c1-6-9(15)11(17)8(12(18)10(6)16)13(20)19-7(2)14(3,4)5/h7H,1-5H3,(H,19,20). The molecular weight excluding hydrogens is 274 g/mol. The fourth-order valence-corrected chi connectivity index (χ4v) is 1.43. The van der Waals surface area contributed by atoms with Crippen molar-refractivity contribution in [1.29, 1.82) is 0 Å². The molecule has 1 aromatic carbocycles. The number of hydrogen-bond acceptors (Lipinski definition) is 1. The molecule has 0 saturated carbocycles. The zero-order chi connectivity index (χ0) is 15.8. The average Bonchev–Trinajstić information content (AvgIpc) is 2.33. The molecule has 0 bridgehead atoms. The van der Waals surface area contributed by atoms with Gasteiger partial charge in [0.1, 0.15) is 5.56 Å². The molecule has 1 unspecified atom stereocenters. The minimum atomic E-state index is -1.68. The Labute approximate surface area is 115 Å². The Morgan fingerprint density at radius 1 is 1.00 bits per heavy atom. The molecule has 1 amide bonds. The van der Waals surface area contributed by atoms with Crippen molar-refractivity contribution in [2.45, 2.75) is 40.7 Å². The van der Waals surface area contributed by atoms with Gasteiger partial charge < -0.3 is 5.32 Å². The van der Waals surface area contributed by atoms with E-state index < -0.39 is 46.3 Å². The average molecular weight is 291 g/mol. The summed E-state index contributed by atoms with van der Waals surface area (Å²) in [4.78, 5) is 11.8. The normalized spacial score (nSPS) is 13.2. The first kappa shape index (κ1) is 16.5. The minimum absolute atomic E-state index is 0.371. The SMILES string of the molecule is Cc1c(F)c(F)c(C(=O)NC(C)C(C)(C)C)c(F)c1F. The number of hydrogen-bond donors (Lipinski definition) is 1.